The molecule has 0 bridgehead atoms. The summed E-state index contributed by atoms with van der Waals surface area (Å²) in [6, 6.07) is 17.0. The van der Waals surface area contributed by atoms with Gasteiger partial charge in [0, 0.05) is 42.3 Å². The molecule has 126 valence electrons. The van der Waals surface area contributed by atoms with E-state index in [0.717, 1.165) is 17.0 Å². The van der Waals surface area contributed by atoms with Crippen molar-refractivity contribution in [1.82, 2.24) is 15.3 Å². The molecule has 0 saturated carbocycles. The van der Waals surface area contributed by atoms with Crippen molar-refractivity contribution < 1.29 is 9.53 Å². The van der Waals surface area contributed by atoms with Gasteiger partial charge in [0.1, 0.15) is 5.75 Å². The summed E-state index contributed by atoms with van der Waals surface area (Å²) in [6.45, 7) is 0.449. The Morgan fingerprint density at radius 3 is 2.44 bits per heavy atom. The van der Waals surface area contributed by atoms with E-state index in [0.29, 0.717) is 12.1 Å². The molecule has 25 heavy (non-hydrogen) atoms. The van der Waals surface area contributed by atoms with Crippen molar-refractivity contribution in [2.75, 3.05) is 13.7 Å². The van der Waals surface area contributed by atoms with E-state index in [-0.39, 0.29) is 11.8 Å². The van der Waals surface area contributed by atoms with Crippen LogP contribution >= 0.6 is 0 Å². The van der Waals surface area contributed by atoms with Gasteiger partial charge in [-0.1, -0.05) is 18.2 Å². The van der Waals surface area contributed by atoms with Crippen LogP contribution in [0.1, 0.15) is 27.5 Å². The monoisotopic (exact) mass is 333 g/mol. The van der Waals surface area contributed by atoms with Crippen LogP contribution in [0.4, 0.5) is 0 Å². The third-order valence-electron chi connectivity index (χ3n) is 3.97. The summed E-state index contributed by atoms with van der Waals surface area (Å²) in [6.07, 6.45) is 4.97. The van der Waals surface area contributed by atoms with Gasteiger partial charge in [0.05, 0.1) is 7.11 Å². The Bertz CT molecular complexity index is 805. The molecule has 1 unspecified atom stereocenters. The normalized spacial score (nSPS) is 11.6. The minimum Gasteiger partial charge on any atom is -0.497 e. The first-order valence-corrected chi connectivity index (χ1v) is 8.01. The molecular weight excluding hydrogens is 314 g/mol. The van der Waals surface area contributed by atoms with E-state index in [4.69, 9.17) is 4.74 Å². The number of rotatable bonds is 6. The number of carbonyl (C=O) groups is 1. The highest BCUT2D eigenvalue weighted by atomic mass is 16.5. The van der Waals surface area contributed by atoms with E-state index in [1.807, 2.05) is 42.5 Å². The lowest BCUT2D eigenvalue weighted by atomic mass is 9.94. The predicted octanol–water partition coefficient (Wildman–Crippen LogP) is 3.05. The van der Waals surface area contributed by atoms with Crippen LogP contribution in [0.3, 0.4) is 0 Å². The minimum atomic E-state index is -0.128. The van der Waals surface area contributed by atoms with Gasteiger partial charge >= 0.3 is 0 Å². The minimum absolute atomic E-state index is 0.0436. The van der Waals surface area contributed by atoms with E-state index >= 15 is 0 Å². The lowest BCUT2D eigenvalue weighted by Gasteiger charge is -2.18. The Hall–Kier alpha value is -3.21. The van der Waals surface area contributed by atoms with Gasteiger partial charge in [-0.25, -0.2) is 0 Å². The number of amides is 1. The van der Waals surface area contributed by atoms with Crippen LogP contribution in [0.25, 0.3) is 0 Å². The number of nitrogens with zero attached hydrogens (tertiary/aromatic N) is 2. The van der Waals surface area contributed by atoms with Gasteiger partial charge in [-0.15, -0.1) is 0 Å². The van der Waals surface area contributed by atoms with Crippen molar-refractivity contribution in [3.05, 3.63) is 90.0 Å². The molecule has 2 aromatic heterocycles. The SMILES string of the molecule is COc1ccc(C(CNC(=O)c2ccncc2)c2ccccn2)cc1. The number of hydrogen-bond acceptors (Lipinski definition) is 4. The summed E-state index contributed by atoms with van der Waals surface area (Å²) >= 11 is 0. The molecule has 5 nitrogen and oxygen atoms in total. The fourth-order valence-corrected chi connectivity index (χ4v) is 2.61. The Labute approximate surface area is 146 Å². The molecule has 1 atom stereocenters. The number of ether oxygens (including phenoxy) is 1. The number of carbonyl (C=O) groups excluding carboxylic acids is 1. The van der Waals surface area contributed by atoms with Crippen molar-refractivity contribution >= 4 is 5.91 Å². The van der Waals surface area contributed by atoms with Crippen molar-refractivity contribution in [3.8, 4) is 5.75 Å². The van der Waals surface area contributed by atoms with Crippen molar-refractivity contribution in [3.63, 3.8) is 0 Å². The molecule has 0 aliphatic rings. The number of pyridine rings is 2. The van der Waals surface area contributed by atoms with E-state index in [9.17, 15) is 4.79 Å². The van der Waals surface area contributed by atoms with Crippen LogP contribution < -0.4 is 10.1 Å². The maximum atomic E-state index is 12.3. The second-order valence-corrected chi connectivity index (χ2v) is 5.53. The summed E-state index contributed by atoms with van der Waals surface area (Å²) in [7, 11) is 1.64. The molecular formula is C20H19N3O2. The first-order chi connectivity index (χ1) is 12.3. The van der Waals surface area contributed by atoms with E-state index in [1.54, 1.807) is 37.8 Å². The Balaban J connectivity index is 1.80. The maximum Gasteiger partial charge on any atom is 0.251 e. The largest absolute Gasteiger partial charge is 0.497 e. The molecule has 1 N–H and O–H groups in total. The first-order valence-electron chi connectivity index (χ1n) is 8.01. The standard InChI is InChI=1S/C20H19N3O2/c1-25-17-7-5-15(6-8-17)18(19-4-2-3-11-22-19)14-23-20(24)16-9-12-21-13-10-16/h2-13,18H,14H2,1H3,(H,23,24). The van der Waals surface area contributed by atoms with Gasteiger partial charge in [-0.2, -0.15) is 0 Å². The highest BCUT2D eigenvalue weighted by Gasteiger charge is 2.17. The number of aromatic nitrogens is 2. The van der Waals surface area contributed by atoms with Crippen LogP contribution in [-0.2, 0) is 0 Å². The molecule has 0 spiro atoms. The van der Waals surface area contributed by atoms with Crippen LogP contribution in [0.15, 0.2) is 73.2 Å². The number of hydrogen-bond donors (Lipinski definition) is 1. The van der Waals surface area contributed by atoms with Crippen LogP contribution in [-0.4, -0.2) is 29.5 Å². The highest BCUT2D eigenvalue weighted by molar-refractivity contribution is 5.94. The summed E-state index contributed by atoms with van der Waals surface area (Å²) in [4.78, 5) is 20.7. The average Bonchev–Trinajstić information content (AvgIpc) is 2.70. The molecule has 2 heterocycles. The maximum absolute atomic E-state index is 12.3. The smallest absolute Gasteiger partial charge is 0.251 e. The van der Waals surface area contributed by atoms with E-state index in [1.165, 1.54) is 0 Å². The zero-order valence-electron chi connectivity index (χ0n) is 13.9. The Morgan fingerprint density at radius 2 is 1.80 bits per heavy atom. The average molecular weight is 333 g/mol. The van der Waals surface area contributed by atoms with Gasteiger partial charge in [0.15, 0.2) is 0 Å². The zero-order chi connectivity index (χ0) is 17.5. The topological polar surface area (TPSA) is 64.1 Å². The lowest BCUT2D eigenvalue weighted by Crippen LogP contribution is -2.29. The number of benzene rings is 1. The van der Waals surface area contributed by atoms with Gasteiger partial charge in [-0.3, -0.25) is 14.8 Å². The van der Waals surface area contributed by atoms with E-state index in [2.05, 4.69) is 15.3 Å². The van der Waals surface area contributed by atoms with Crippen LogP contribution in [0, 0.1) is 0 Å². The van der Waals surface area contributed by atoms with Crippen molar-refractivity contribution in [2.45, 2.75) is 5.92 Å². The molecule has 5 heteroatoms. The van der Waals surface area contributed by atoms with Gasteiger partial charge in [0.25, 0.3) is 5.91 Å². The van der Waals surface area contributed by atoms with Crippen LogP contribution in [0.5, 0.6) is 5.75 Å². The highest BCUT2D eigenvalue weighted by Crippen LogP contribution is 2.24. The van der Waals surface area contributed by atoms with Crippen molar-refractivity contribution in [1.29, 1.82) is 0 Å². The number of methoxy groups -OCH3 is 1. The Kier molecular flexibility index (Phi) is 5.36. The van der Waals surface area contributed by atoms with Gasteiger partial charge < -0.3 is 10.1 Å². The number of nitrogens with one attached hydrogen (secondary N) is 1. The molecule has 3 aromatic rings. The Morgan fingerprint density at radius 1 is 1.04 bits per heavy atom. The third kappa shape index (κ3) is 4.20. The summed E-state index contributed by atoms with van der Waals surface area (Å²) in [5.74, 6) is 0.624. The second-order valence-electron chi connectivity index (χ2n) is 5.53. The molecule has 0 aliphatic heterocycles. The molecule has 1 amide bonds. The summed E-state index contributed by atoms with van der Waals surface area (Å²) in [5, 5.41) is 2.99. The van der Waals surface area contributed by atoms with Crippen LogP contribution in [0.2, 0.25) is 0 Å². The fraction of sp³-hybridized carbons (Fsp3) is 0.150. The summed E-state index contributed by atoms with van der Waals surface area (Å²) in [5.41, 5.74) is 2.56. The molecule has 0 fully saturated rings. The van der Waals surface area contributed by atoms with Gasteiger partial charge in [-0.05, 0) is 42.0 Å². The third-order valence-corrected chi connectivity index (χ3v) is 3.97. The first kappa shape index (κ1) is 16.6. The quantitative estimate of drug-likeness (QED) is 0.753. The van der Waals surface area contributed by atoms with Crippen molar-refractivity contribution in [2.24, 2.45) is 0 Å². The van der Waals surface area contributed by atoms with E-state index < -0.39 is 0 Å². The van der Waals surface area contributed by atoms with Gasteiger partial charge in [0.2, 0.25) is 0 Å². The molecule has 3 rings (SSSR count). The summed E-state index contributed by atoms with van der Waals surface area (Å²) < 4.78 is 5.22. The zero-order valence-corrected chi connectivity index (χ0v) is 13.9. The molecule has 1 aromatic carbocycles. The molecule has 0 aliphatic carbocycles. The molecule has 0 radical (unpaired) electrons. The second kappa shape index (κ2) is 8.06. The predicted molar refractivity (Wildman–Crippen MR) is 95.6 cm³/mol. The molecule has 0 saturated heterocycles. The lowest BCUT2D eigenvalue weighted by molar-refractivity contribution is 0.0952. The fourth-order valence-electron chi connectivity index (χ4n) is 2.61.